The highest BCUT2D eigenvalue weighted by Crippen LogP contribution is 2.32. The van der Waals surface area contributed by atoms with Gasteiger partial charge in [-0.15, -0.1) is 0 Å². The maximum atomic E-state index is 14.7. The van der Waals surface area contributed by atoms with E-state index in [1.807, 2.05) is 0 Å². The Labute approximate surface area is 192 Å². The lowest BCUT2D eigenvalue weighted by Crippen LogP contribution is -2.11. The molecule has 1 N–H and O–H groups in total. The molecule has 174 valence electrons. The molecule has 0 aliphatic heterocycles. The van der Waals surface area contributed by atoms with Crippen LogP contribution in [0, 0.1) is 21.7 Å². The number of halogens is 2. The smallest absolute Gasteiger partial charge is 0.270 e. The van der Waals surface area contributed by atoms with Crippen molar-refractivity contribution in [2.45, 2.75) is 10.6 Å². The minimum Gasteiger partial charge on any atom is -0.494 e. The number of nitrogens with zero attached hydrogens (tertiary/aromatic N) is 3. The molecule has 0 saturated heterocycles. The molecule has 0 spiro atoms. The first kappa shape index (κ1) is 23.0. The molecule has 0 amide bonds. The van der Waals surface area contributed by atoms with E-state index < -0.39 is 43.5 Å². The molecule has 0 atom stereocenters. The van der Waals surface area contributed by atoms with E-state index in [0.29, 0.717) is 11.0 Å². The van der Waals surface area contributed by atoms with Crippen LogP contribution in [0.4, 0.5) is 26.0 Å². The van der Waals surface area contributed by atoms with Gasteiger partial charge in [-0.1, -0.05) is 18.2 Å². The van der Waals surface area contributed by atoms with Crippen molar-refractivity contribution >= 4 is 38.1 Å². The average Bonchev–Trinajstić information content (AvgIpc) is 2.82. The molecule has 0 aliphatic carbocycles. The Kier molecular flexibility index (Phi) is 6.07. The van der Waals surface area contributed by atoms with Gasteiger partial charge in [0.15, 0.2) is 27.2 Å². The number of methoxy groups -OCH3 is 1. The van der Waals surface area contributed by atoms with Crippen molar-refractivity contribution in [1.29, 1.82) is 0 Å². The maximum Gasteiger partial charge on any atom is 0.270 e. The van der Waals surface area contributed by atoms with Gasteiger partial charge >= 0.3 is 0 Å². The zero-order valence-corrected chi connectivity index (χ0v) is 18.3. The normalized spacial score (nSPS) is 11.4. The Morgan fingerprint density at radius 3 is 2.41 bits per heavy atom. The Bertz CT molecular complexity index is 1530. The molecule has 0 radical (unpaired) electrons. The number of nitrogens with one attached hydrogen (secondary N) is 1. The van der Waals surface area contributed by atoms with Gasteiger partial charge < -0.3 is 10.1 Å². The van der Waals surface area contributed by atoms with E-state index in [4.69, 9.17) is 4.74 Å². The van der Waals surface area contributed by atoms with Crippen LogP contribution < -0.4 is 10.1 Å². The fourth-order valence-corrected chi connectivity index (χ4v) is 4.53. The molecule has 0 fully saturated rings. The van der Waals surface area contributed by atoms with Gasteiger partial charge in [-0.3, -0.25) is 10.1 Å². The summed E-state index contributed by atoms with van der Waals surface area (Å²) in [4.78, 5) is 18.7. The number of benzene rings is 3. The molecule has 9 nitrogen and oxygen atoms in total. The number of hydrogen-bond acceptors (Lipinski definition) is 8. The Morgan fingerprint density at radius 2 is 1.74 bits per heavy atom. The van der Waals surface area contributed by atoms with E-state index in [0.717, 1.165) is 24.3 Å². The Morgan fingerprint density at radius 1 is 1.03 bits per heavy atom. The number of para-hydroxylation sites is 2. The number of ether oxygens (including phenoxy) is 1. The number of nitro benzene ring substituents is 1. The number of hydrogen-bond donors (Lipinski definition) is 1. The number of anilines is 2. The van der Waals surface area contributed by atoms with E-state index in [1.54, 1.807) is 24.3 Å². The molecule has 3 aromatic carbocycles. The van der Waals surface area contributed by atoms with Gasteiger partial charge in [-0.2, -0.15) is 0 Å². The van der Waals surface area contributed by atoms with Gasteiger partial charge in [0, 0.05) is 12.1 Å². The van der Waals surface area contributed by atoms with Crippen molar-refractivity contribution in [3.63, 3.8) is 0 Å². The number of fused-ring (bicyclic) bond motifs is 1. The van der Waals surface area contributed by atoms with E-state index in [2.05, 4.69) is 15.3 Å². The third-order valence-corrected chi connectivity index (χ3v) is 6.50. The van der Waals surface area contributed by atoms with Gasteiger partial charge in [0.05, 0.1) is 33.7 Å². The predicted molar refractivity (Wildman–Crippen MR) is 120 cm³/mol. The van der Waals surface area contributed by atoms with Crippen LogP contribution in [0.2, 0.25) is 0 Å². The second-order valence-corrected chi connectivity index (χ2v) is 9.07. The van der Waals surface area contributed by atoms with Crippen LogP contribution in [-0.4, -0.2) is 30.4 Å². The SMILES string of the molecule is COc1ccc(F)c(Nc2nc3ccccc3nc2CS(=O)(=O)c2cccc([N+](=O)[O-])c2)c1F. The Hall–Kier alpha value is -4.19. The van der Waals surface area contributed by atoms with Crippen LogP contribution in [0.3, 0.4) is 0 Å². The van der Waals surface area contributed by atoms with Crippen molar-refractivity contribution in [3.8, 4) is 5.75 Å². The van der Waals surface area contributed by atoms with Gasteiger partial charge in [0.25, 0.3) is 5.69 Å². The van der Waals surface area contributed by atoms with Crippen LogP contribution in [0.15, 0.2) is 65.6 Å². The minimum absolute atomic E-state index is 0.133. The highest BCUT2D eigenvalue weighted by molar-refractivity contribution is 7.90. The molecule has 1 aromatic heterocycles. The summed E-state index contributed by atoms with van der Waals surface area (Å²) in [7, 11) is -2.93. The van der Waals surface area contributed by atoms with Crippen molar-refractivity contribution in [1.82, 2.24) is 9.97 Å². The molecule has 34 heavy (non-hydrogen) atoms. The second-order valence-electron chi connectivity index (χ2n) is 7.08. The number of rotatable bonds is 7. The first-order valence-electron chi connectivity index (χ1n) is 9.71. The zero-order chi connectivity index (χ0) is 24.5. The summed E-state index contributed by atoms with van der Waals surface area (Å²) in [5, 5.41) is 13.6. The lowest BCUT2D eigenvalue weighted by Gasteiger charge is -2.14. The monoisotopic (exact) mass is 486 g/mol. The number of non-ortho nitro benzene ring substituents is 1. The van der Waals surface area contributed by atoms with Crippen LogP contribution in [0.25, 0.3) is 11.0 Å². The molecule has 12 heteroatoms. The van der Waals surface area contributed by atoms with Crippen molar-refractivity contribution in [3.05, 3.63) is 88.1 Å². The fraction of sp³-hybridized carbons (Fsp3) is 0.0909. The number of sulfone groups is 1. The quantitative estimate of drug-likeness (QED) is 0.298. The first-order chi connectivity index (χ1) is 16.2. The standard InChI is InChI=1S/C22H16F2N4O5S/c1-33-19-10-9-15(23)21(20(19)24)27-22-18(25-16-7-2-3-8-17(16)26-22)12-34(31,32)14-6-4-5-13(11-14)28(29)30/h2-11H,12H2,1H3,(H,26,27). The zero-order valence-electron chi connectivity index (χ0n) is 17.5. The third-order valence-electron chi connectivity index (χ3n) is 4.88. The summed E-state index contributed by atoms with van der Waals surface area (Å²) < 4.78 is 60.2. The number of aromatic nitrogens is 2. The van der Waals surface area contributed by atoms with Crippen LogP contribution >= 0.6 is 0 Å². The summed E-state index contributed by atoms with van der Waals surface area (Å²) in [6.07, 6.45) is 0. The molecular weight excluding hydrogens is 470 g/mol. The van der Waals surface area contributed by atoms with Crippen molar-refractivity contribution in [2.75, 3.05) is 12.4 Å². The summed E-state index contributed by atoms with van der Waals surface area (Å²) in [5.41, 5.74) is -0.427. The van der Waals surface area contributed by atoms with Crippen LogP contribution in [0.1, 0.15) is 5.69 Å². The molecule has 4 rings (SSSR count). The molecule has 0 aliphatic rings. The summed E-state index contributed by atoms with van der Waals surface area (Å²) >= 11 is 0. The predicted octanol–water partition coefficient (Wildman–Crippen LogP) is 4.54. The summed E-state index contributed by atoms with van der Waals surface area (Å²) in [6.45, 7) is 0. The lowest BCUT2D eigenvalue weighted by molar-refractivity contribution is -0.385. The average molecular weight is 486 g/mol. The molecule has 0 saturated carbocycles. The van der Waals surface area contributed by atoms with Crippen LogP contribution in [0.5, 0.6) is 5.75 Å². The topological polar surface area (TPSA) is 124 Å². The van der Waals surface area contributed by atoms with E-state index >= 15 is 0 Å². The largest absolute Gasteiger partial charge is 0.494 e. The van der Waals surface area contributed by atoms with Crippen LogP contribution in [-0.2, 0) is 15.6 Å². The van der Waals surface area contributed by atoms with Gasteiger partial charge in [0.1, 0.15) is 17.3 Å². The lowest BCUT2D eigenvalue weighted by atomic mass is 10.2. The Balaban J connectivity index is 1.82. The summed E-state index contributed by atoms with van der Waals surface area (Å²) in [5.74, 6) is -3.16. The van der Waals surface area contributed by atoms with E-state index in [9.17, 15) is 27.3 Å². The molecule has 1 heterocycles. The summed E-state index contributed by atoms with van der Waals surface area (Å²) in [6, 6.07) is 13.2. The highest BCUT2D eigenvalue weighted by Gasteiger charge is 2.24. The van der Waals surface area contributed by atoms with Gasteiger partial charge in [-0.25, -0.2) is 27.2 Å². The molecule has 0 bridgehead atoms. The molecular formula is C22H16F2N4O5S. The van der Waals surface area contributed by atoms with Crippen molar-refractivity contribution in [2.24, 2.45) is 0 Å². The highest BCUT2D eigenvalue weighted by atomic mass is 32.2. The molecule has 0 unspecified atom stereocenters. The van der Waals surface area contributed by atoms with Crippen molar-refractivity contribution < 1.29 is 26.9 Å². The minimum atomic E-state index is -4.14. The van der Waals surface area contributed by atoms with E-state index in [-0.39, 0.29) is 22.2 Å². The van der Waals surface area contributed by atoms with E-state index in [1.165, 1.54) is 19.2 Å². The van der Waals surface area contributed by atoms with Gasteiger partial charge in [-0.05, 0) is 30.3 Å². The number of nitro groups is 1. The second kappa shape index (κ2) is 8.98. The maximum absolute atomic E-state index is 14.7. The molecule has 4 aromatic rings. The fourth-order valence-electron chi connectivity index (χ4n) is 3.22. The van der Waals surface area contributed by atoms with Gasteiger partial charge in [0.2, 0.25) is 0 Å². The first-order valence-corrected chi connectivity index (χ1v) is 11.4. The third kappa shape index (κ3) is 4.48.